The van der Waals surface area contributed by atoms with Crippen LogP contribution in [0, 0.1) is 6.07 Å². The Morgan fingerprint density at radius 2 is 1.79 bits per heavy atom. The van der Waals surface area contributed by atoms with Crippen molar-refractivity contribution in [3.8, 4) is 0 Å². The van der Waals surface area contributed by atoms with Crippen LogP contribution in [0.2, 0.25) is 0 Å². The summed E-state index contributed by atoms with van der Waals surface area (Å²) in [4.78, 5) is 2.47. The largest absolute Gasteiger partial charge is 0.304 e. The third-order valence-electron chi connectivity index (χ3n) is 2.62. The van der Waals surface area contributed by atoms with Gasteiger partial charge in [-0.05, 0) is 44.1 Å². The second kappa shape index (κ2) is 6.61. The summed E-state index contributed by atoms with van der Waals surface area (Å²) in [5, 5.41) is 0. The molecule has 0 heterocycles. The predicted molar refractivity (Wildman–Crippen MR) is 61.4 cm³/mol. The van der Waals surface area contributed by atoms with Gasteiger partial charge in [0.15, 0.2) is 0 Å². The normalized spacial score (nSPS) is 10.8. The molecule has 1 rings (SSSR count). The highest BCUT2D eigenvalue weighted by atomic mass is 15.1. The van der Waals surface area contributed by atoms with Crippen LogP contribution in [0.1, 0.15) is 25.8 Å². The van der Waals surface area contributed by atoms with Crippen LogP contribution in [0.4, 0.5) is 0 Å². The van der Waals surface area contributed by atoms with Crippen LogP contribution in [-0.4, -0.2) is 24.5 Å². The molecule has 1 heteroatoms. The third kappa shape index (κ3) is 3.93. The molecule has 0 aliphatic carbocycles. The summed E-state index contributed by atoms with van der Waals surface area (Å²) >= 11 is 0. The van der Waals surface area contributed by atoms with E-state index in [1.807, 2.05) is 12.1 Å². The van der Waals surface area contributed by atoms with Gasteiger partial charge < -0.3 is 4.90 Å². The summed E-state index contributed by atoms with van der Waals surface area (Å²) in [6.07, 6.45) is 2.44. The van der Waals surface area contributed by atoms with Crippen molar-refractivity contribution in [1.82, 2.24) is 4.90 Å². The number of hydrogen-bond donors (Lipinski definition) is 0. The van der Waals surface area contributed by atoms with Gasteiger partial charge in [0.05, 0.1) is 0 Å². The second-order valence-corrected chi connectivity index (χ2v) is 3.54. The minimum absolute atomic E-state index is 1.17. The molecule has 0 aromatic heterocycles. The van der Waals surface area contributed by atoms with Gasteiger partial charge in [0.25, 0.3) is 0 Å². The molecular formula is C13H20N. The second-order valence-electron chi connectivity index (χ2n) is 3.54. The minimum atomic E-state index is 1.17. The van der Waals surface area contributed by atoms with Crippen LogP contribution >= 0.6 is 0 Å². The Morgan fingerprint density at radius 3 is 2.36 bits per heavy atom. The topological polar surface area (TPSA) is 3.24 Å². The Labute approximate surface area is 87.7 Å². The van der Waals surface area contributed by atoms with E-state index in [0.29, 0.717) is 0 Å². The van der Waals surface area contributed by atoms with E-state index in [0.717, 1.165) is 0 Å². The van der Waals surface area contributed by atoms with E-state index >= 15 is 0 Å². The molecule has 0 N–H and O–H groups in total. The highest BCUT2D eigenvalue weighted by Gasteiger charge is 1.98. The first-order chi connectivity index (χ1) is 6.86. The van der Waals surface area contributed by atoms with Gasteiger partial charge in [-0.3, -0.25) is 0 Å². The molecule has 0 atom stereocenters. The number of benzene rings is 1. The van der Waals surface area contributed by atoms with Crippen molar-refractivity contribution >= 4 is 0 Å². The summed E-state index contributed by atoms with van der Waals surface area (Å²) in [5.74, 6) is 0. The molecule has 77 valence electrons. The smallest absolute Gasteiger partial charge is 0.00158 e. The molecule has 1 nitrogen and oxygen atoms in total. The molecule has 1 radical (unpaired) electrons. The van der Waals surface area contributed by atoms with Gasteiger partial charge in [0.2, 0.25) is 0 Å². The van der Waals surface area contributed by atoms with Gasteiger partial charge in [-0.25, -0.2) is 0 Å². The lowest BCUT2D eigenvalue weighted by molar-refractivity contribution is 0.300. The Kier molecular flexibility index (Phi) is 5.31. The average Bonchev–Trinajstić information content (AvgIpc) is 2.26. The SMILES string of the molecule is CCN(CC)CCCc1cc[c]cc1. The molecule has 0 saturated carbocycles. The van der Waals surface area contributed by atoms with Crippen LogP contribution < -0.4 is 0 Å². The van der Waals surface area contributed by atoms with Gasteiger partial charge in [-0.15, -0.1) is 0 Å². The average molecular weight is 190 g/mol. The van der Waals surface area contributed by atoms with Crippen molar-refractivity contribution in [2.24, 2.45) is 0 Å². The maximum atomic E-state index is 3.04. The molecule has 0 saturated heterocycles. The number of hydrogen-bond acceptors (Lipinski definition) is 1. The molecule has 0 aliphatic rings. The highest BCUT2D eigenvalue weighted by Crippen LogP contribution is 2.02. The van der Waals surface area contributed by atoms with Gasteiger partial charge in [-0.1, -0.05) is 38.1 Å². The molecule has 0 bridgehead atoms. The fourth-order valence-corrected chi connectivity index (χ4v) is 1.63. The fraction of sp³-hybridized carbons (Fsp3) is 0.538. The zero-order chi connectivity index (χ0) is 10.2. The van der Waals surface area contributed by atoms with Crippen LogP contribution in [0.3, 0.4) is 0 Å². The molecule has 1 aromatic rings. The predicted octanol–water partition coefficient (Wildman–Crippen LogP) is 2.76. The lowest BCUT2D eigenvalue weighted by atomic mass is 10.1. The number of rotatable bonds is 6. The molecule has 0 amide bonds. The summed E-state index contributed by atoms with van der Waals surface area (Å²) in [7, 11) is 0. The summed E-state index contributed by atoms with van der Waals surface area (Å²) in [6, 6.07) is 11.3. The van der Waals surface area contributed by atoms with Crippen molar-refractivity contribution in [3.63, 3.8) is 0 Å². The van der Waals surface area contributed by atoms with Crippen LogP contribution in [0.5, 0.6) is 0 Å². The highest BCUT2D eigenvalue weighted by molar-refractivity contribution is 5.13. The monoisotopic (exact) mass is 190 g/mol. The van der Waals surface area contributed by atoms with Gasteiger partial charge >= 0.3 is 0 Å². The summed E-state index contributed by atoms with van der Waals surface area (Å²) < 4.78 is 0. The molecular weight excluding hydrogens is 170 g/mol. The Balaban J connectivity index is 2.21. The molecule has 0 unspecified atom stereocenters. The first kappa shape index (κ1) is 11.3. The quantitative estimate of drug-likeness (QED) is 0.666. The first-order valence-electron chi connectivity index (χ1n) is 5.54. The van der Waals surface area contributed by atoms with Crippen LogP contribution in [-0.2, 0) is 6.42 Å². The molecule has 0 aliphatic heterocycles. The molecule has 0 fully saturated rings. The zero-order valence-corrected chi connectivity index (χ0v) is 9.29. The Bertz CT molecular complexity index is 226. The van der Waals surface area contributed by atoms with E-state index in [9.17, 15) is 0 Å². The van der Waals surface area contributed by atoms with E-state index in [4.69, 9.17) is 0 Å². The maximum Gasteiger partial charge on any atom is -0.00158 e. The number of nitrogens with zero attached hydrogens (tertiary/aromatic N) is 1. The molecule has 0 spiro atoms. The lowest BCUT2D eigenvalue weighted by Gasteiger charge is -2.17. The Morgan fingerprint density at radius 1 is 1.14 bits per heavy atom. The van der Waals surface area contributed by atoms with Crippen LogP contribution in [0.15, 0.2) is 24.3 Å². The standard InChI is InChI=1S/C13H20N/c1-3-14(4-2)12-8-11-13-9-6-5-7-10-13/h6-7,9-10H,3-4,8,11-12H2,1-2H3. The summed E-state index contributed by atoms with van der Waals surface area (Å²) in [5.41, 5.74) is 1.43. The zero-order valence-electron chi connectivity index (χ0n) is 9.29. The van der Waals surface area contributed by atoms with Crippen molar-refractivity contribution in [3.05, 3.63) is 35.9 Å². The van der Waals surface area contributed by atoms with Gasteiger partial charge in [0, 0.05) is 0 Å². The van der Waals surface area contributed by atoms with E-state index in [1.165, 1.54) is 38.0 Å². The maximum absolute atomic E-state index is 3.04. The van der Waals surface area contributed by atoms with Crippen molar-refractivity contribution in [2.45, 2.75) is 26.7 Å². The minimum Gasteiger partial charge on any atom is -0.304 e. The third-order valence-corrected chi connectivity index (χ3v) is 2.62. The lowest BCUT2D eigenvalue weighted by Crippen LogP contribution is -2.24. The fourth-order valence-electron chi connectivity index (χ4n) is 1.63. The molecule has 1 aromatic carbocycles. The van der Waals surface area contributed by atoms with E-state index < -0.39 is 0 Å². The van der Waals surface area contributed by atoms with Crippen molar-refractivity contribution in [2.75, 3.05) is 19.6 Å². The summed E-state index contributed by atoms with van der Waals surface area (Å²) in [6.45, 7) is 7.99. The van der Waals surface area contributed by atoms with Gasteiger partial charge in [0.1, 0.15) is 0 Å². The van der Waals surface area contributed by atoms with Gasteiger partial charge in [-0.2, -0.15) is 0 Å². The first-order valence-corrected chi connectivity index (χ1v) is 5.54. The van der Waals surface area contributed by atoms with Crippen LogP contribution in [0.25, 0.3) is 0 Å². The number of aryl methyl sites for hydroxylation is 1. The van der Waals surface area contributed by atoms with E-state index in [2.05, 4.69) is 36.9 Å². The van der Waals surface area contributed by atoms with Crippen molar-refractivity contribution in [1.29, 1.82) is 0 Å². The Hall–Kier alpha value is -0.820. The van der Waals surface area contributed by atoms with E-state index in [1.54, 1.807) is 0 Å². The molecule has 14 heavy (non-hydrogen) atoms. The van der Waals surface area contributed by atoms with E-state index in [-0.39, 0.29) is 0 Å². The van der Waals surface area contributed by atoms with Crippen molar-refractivity contribution < 1.29 is 0 Å².